The molecule has 8 amide bonds. The normalized spacial score (nSPS) is 32.3. The zero-order valence-electron chi connectivity index (χ0n) is 73.2. The zero-order valence-corrected chi connectivity index (χ0v) is 73.2. The van der Waals surface area contributed by atoms with Gasteiger partial charge in [0.25, 0.3) is 5.56 Å². The van der Waals surface area contributed by atoms with Crippen LogP contribution in [0.2, 0.25) is 0 Å². The number of hydrogen-bond donors (Lipinski definition) is 10. The van der Waals surface area contributed by atoms with Crippen molar-refractivity contribution in [2.24, 2.45) is 11.8 Å². The van der Waals surface area contributed by atoms with Crippen LogP contribution in [0.25, 0.3) is 22.3 Å². The highest BCUT2D eigenvalue weighted by Gasteiger charge is 2.69. The van der Waals surface area contributed by atoms with Crippen molar-refractivity contribution in [2.75, 3.05) is 39.8 Å². The largest absolute Gasteiger partial charge is 0.458 e. The molecule has 1 aliphatic carbocycles. The number of ketones is 1. The van der Waals surface area contributed by atoms with Gasteiger partial charge < -0.3 is 109 Å². The van der Waals surface area contributed by atoms with Gasteiger partial charge in [0, 0.05) is 113 Å². The van der Waals surface area contributed by atoms with Crippen molar-refractivity contribution in [1.82, 2.24) is 51.7 Å². The number of aryl methyl sites for hydroxylation is 1. The Balaban J connectivity index is 0.507. The minimum atomic E-state index is -2.12. The molecule has 12 bridgehead atoms. The molecule has 2 aromatic heterocycles. The highest BCUT2D eigenvalue weighted by molar-refractivity contribution is 5.96. The molecule has 18 rings (SSSR count). The van der Waals surface area contributed by atoms with E-state index in [0.717, 1.165) is 36.8 Å². The van der Waals surface area contributed by atoms with Gasteiger partial charge in [0.05, 0.1) is 122 Å². The number of aliphatic hydroxyl groups is 3. The topological polar surface area (TPSA) is 446 Å². The minimum Gasteiger partial charge on any atom is -0.458 e. The number of fused-ring (bicyclic) bond motifs is 11. The number of unbranched alkanes of at least 4 members (excludes halogenated alkanes) is 2. The minimum absolute atomic E-state index is 0.0167. The van der Waals surface area contributed by atoms with E-state index in [9.17, 15) is 68.1 Å². The third-order valence-electron chi connectivity index (χ3n) is 28.8. The fourth-order valence-corrected chi connectivity index (χ4v) is 21.9. The second kappa shape index (κ2) is 38.3. The predicted molar refractivity (Wildman–Crippen MR) is 456 cm³/mol. The second-order valence-electron chi connectivity index (χ2n) is 37.3. The van der Waals surface area contributed by atoms with Crippen molar-refractivity contribution in [3.05, 3.63) is 134 Å². The highest BCUT2D eigenvalue weighted by Crippen LogP contribution is 2.55. The molecular formula is C94H117FN10O24. The van der Waals surface area contributed by atoms with Crippen LogP contribution in [0.1, 0.15) is 194 Å². The Morgan fingerprint density at radius 3 is 2.22 bits per heavy atom. The number of cyclic esters (lactones) is 1. The maximum absolute atomic E-state index is 15.8. The second-order valence-corrected chi connectivity index (χ2v) is 37.3. The Morgan fingerprint density at radius 1 is 0.721 bits per heavy atom. The fraction of sp³-hybridized carbons (Fsp3) is 0.617. The summed E-state index contributed by atoms with van der Waals surface area (Å²) in [6.45, 7) is 11.9. The first kappa shape index (κ1) is 91.3. The van der Waals surface area contributed by atoms with Crippen LogP contribution in [-0.2, 0) is 127 Å². The van der Waals surface area contributed by atoms with Gasteiger partial charge in [-0.3, -0.25) is 47.9 Å². The molecule has 0 radical (unpaired) electrons. The summed E-state index contributed by atoms with van der Waals surface area (Å²) in [4.78, 5) is 158. The average Bonchev–Trinajstić information content (AvgIpc) is 1.55. The Bertz CT molecular complexity index is 5170. The molecular weight excluding hydrogens is 1670 g/mol. The number of nitrogens with one attached hydrogen (secondary N) is 7. The first-order chi connectivity index (χ1) is 62.0. The van der Waals surface area contributed by atoms with Crippen LogP contribution >= 0.6 is 0 Å². The van der Waals surface area contributed by atoms with Gasteiger partial charge in [-0.05, 0) is 142 Å². The number of benzene rings is 2. The molecule has 129 heavy (non-hydrogen) atoms. The van der Waals surface area contributed by atoms with Crippen molar-refractivity contribution >= 4 is 69.9 Å². The molecule has 34 nitrogen and oxygen atoms in total. The molecule has 10 N–H and O–H groups in total. The van der Waals surface area contributed by atoms with Gasteiger partial charge >= 0.3 is 5.97 Å². The van der Waals surface area contributed by atoms with Crippen molar-refractivity contribution < 1.29 is 115 Å². The number of rotatable bonds is 28. The van der Waals surface area contributed by atoms with Gasteiger partial charge in [0.1, 0.15) is 67.0 Å². The van der Waals surface area contributed by atoms with Crippen LogP contribution in [0.15, 0.2) is 83.7 Å². The Labute approximate surface area is 745 Å². The quantitative estimate of drug-likeness (QED) is 0.0193. The number of carbonyl (C=O) groups is 10. The summed E-state index contributed by atoms with van der Waals surface area (Å²) in [7, 11) is 1.55. The summed E-state index contributed by atoms with van der Waals surface area (Å²) in [6.07, 6.45) is 2.41. The molecule has 4 aromatic rings. The van der Waals surface area contributed by atoms with E-state index in [1.165, 1.54) is 27.7 Å². The smallest absolute Gasteiger partial charge is 0.343 e. The number of halogens is 1. The number of esters is 1. The van der Waals surface area contributed by atoms with Gasteiger partial charge in [0.15, 0.2) is 11.4 Å². The lowest BCUT2D eigenvalue weighted by molar-refractivity contribution is -0.292. The summed E-state index contributed by atoms with van der Waals surface area (Å²) in [5.74, 6) is -8.22. The van der Waals surface area contributed by atoms with Crippen LogP contribution in [-0.4, -0.2) is 250 Å². The van der Waals surface area contributed by atoms with E-state index >= 15 is 4.39 Å². The van der Waals surface area contributed by atoms with Crippen LogP contribution in [0.3, 0.4) is 0 Å². The first-order valence-corrected chi connectivity index (χ1v) is 45.9. The number of carbonyl (C=O) groups excluding carboxylic acids is 10. The molecule has 24 atom stereocenters. The number of nitrogens with zero attached hydrogens (tertiary/aromatic N) is 3. The molecule has 0 saturated carbocycles. The van der Waals surface area contributed by atoms with E-state index in [4.69, 9.17) is 52.4 Å². The van der Waals surface area contributed by atoms with Crippen molar-refractivity contribution in [1.29, 1.82) is 0 Å². The van der Waals surface area contributed by atoms with E-state index in [1.54, 1.807) is 57.4 Å². The van der Waals surface area contributed by atoms with E-state index in [-0.39, 0.29) is 173 Å². The third-order valence-corrected chi connectivity index (χ3v) is 28.8. The Kier molecular flexibility index (Phi) is 27.1. The number of pyridine rings is 2. The molecule has 694 valence electrons. The molecule has 13 aliphatic heterocycles. The lowest BCUT2D eigenvalue weighted by Gasteiger charge is -2.47. The molecule has 1 spiro atoms. The van der Waals surface area contributed by atoms with Crippen LogP contribution < -0.4 is 42.8 Å². The van der Waals surface area contributed by atoms with Crippen LogP contribution in [0, 0.1) is 24.6 Å². The number of methoxy groups -OCH3 is 1. The maximum Gasteiger partial charge on any atom is 0.343 e. The number of ether oxygens (including phenoxy) is 10. The van der Waals surface area contributed by atoms with Gasteiger partial charge in [-0.1, -0.05) is 63.8 Å². The molecule has 35 heteroatoms. The van der Waals surface area contributed by atoms with Gasteiger partial charge in [-0.15, -0.1) is 0 Å². The van der Waals surface area contributed by atoms with Gasteiger partial charge in [-0.25, -0.2) is 14.2 Å². The average molecular weight is 1790 g/mol. The summed E-state index contributed by atoms with van der Waals surface area (Å²) in [6, 6.07) is 8.08. The SMILES string of the molecule is C=C1C[C@@H]2CC[C@@]34C[C@H]5OC6C(O[C@H]7CC[C@H](CC(=O)C[C@@H]8[C@@H](OC)[C@@H](C[C@H](O)CNC(=O)CNC(=O)[C@H](Cc9ccccc9)NC(=O)CNC(=O)CNC(=O)C(CCC(=O)N[C@H]9CCc%10c(C)c(F)cc%11nc%12c(c9c%10%11)Cn9c-%12cc%10c(c9=O)COC(=O)[C@]%10(O)CC)NC(=O)CCCCCN9C(=O)C=CC9O)O[C@H]8C[C@H]8O[C@@H](CC[C@@H]1O2)C[C@@H](C)C8=C)O[C@@H]7[C@@H]6O3)C5O4. The summed E-state index contributed by atoms with van der Waals surface area (Å²) in [5.41, 5.74) is 3.14. The van der Waals surface area contributed by atoms with E-state index in [0.29, 0.717) is 103 Å². The summed E-state index contributed by atoms with van der Waals surface area (Å²) in [5, 5.41) is 52.7. The van der Waals surface area contributed by atoms with Crippen molar-refractivity contribution in [3.63, 3.8) is 0 Å². The monoisotopic (exact) mass is 1790 g/mol. The number of Topliss-reactive ketones (excluding diaryl/α,β-unsaturated/α-hetero) is 1. The van der Waals surface area contributed by atoms with Crippen LogP contribution in [0.5, 0.6) is 0 Å². The fourth-order valence-electron chi connectivity index (χ4n) is 21.9. The van der Waals surface area contributed by atoms with E-state index in [1.807, 2.05) is 0 Å². The molecule has 5 unspecified atom stereocenters. The molecule has 2 aromatic carbocycles. The standard InChI is InChI=1S/C94H117FN10O24/c1-7-94(119)60-36-66-82-58(44-105(66)91(117)59(60)45-121-92(94)118)81-62(20-19-56-49(5)61(95)37-64(103-82)80(56)81)100-74(109)24-21-63(101-73(108)16-12-9-13-29-104-78(113)25-26-79(104)114)89(115)98-42-76(111)97-43-77(112)102-65(32-50-14-10-8-11-15-50)90(116)99-41-75(110)96-40-52(107)35-71-83(120-6)57-34-51(106)33-54-18-23-68-84(124-54)88-87-86(126-68)85-72(127-87)39-93(128-85,129-88)28-27-55-31-47(3)67(122-55)22-17-53-30-46(2)48(4)69(123-53)38-70(57)125-71/h8,10-11,14-15,25-26,36-37,46,52-55,57,62-63,65,67-72,78,83-88,107,113,119H,3-4,7,9,12-13,16-24,27-35,38-45H2,1-2,5-6H3,(H,96,110)(H,97,111)(H,98,115)(H,99,116)(H,100,109)(H,101,108)(H,102,112)/t46-,52+,53+,54-,55+,57+,62+,63?,65+,67+,68+,69-,70+,71-,72-,78?,83-,84+,85?,86?,87?,88+,93+,94+/m1/s1. The number of amides is 8. The first-order valence-electron chi connectivity index (χ1n) is 45.9. The zero-order chi connectivity index (χ0) is 90.6. The predicted octanol–water partition coefficient (Wildman–Crippen LogP) is 3.86. The third kappa shape index (κ3) is 19.0. The number of aromatic nitrogens is 2. The van der Waals surface area contributed by atoms with Crippen molar-refractivity contribution in [2.45, 2.75) is 315 Å². The molecule has 10 fully saturated rings. The molecule has 10 saturated heterocycles. The number of aliphatic hydroxyl groups excluding tert-OH is 2. The van der Waals surface area contributed by atoms with E-state index < -0.39 is 169 Å². The molecule has 15 heterocycles. The summed E-state index contributed by atoms with van der Waals surface area (Å²) >= 11 is 0. The number of hydrogen-bond acceptors (Lipinski definition) is 25. The van der Waals surface area contributed by atoms with Gasteiger partial charge in [-0.2, -0.15) is 0 Å². The van der Waals surface area contributed by atoms with Crippen molar-refractivity contribution in [3.8, 4) is 11.4 Å². The molecule has 14 aliphatic rings. The van der Waals surface area contributed by atoms with Crippen LogP contribution in [0.4, 0.5) is 4.39 Å². The lowest BCUT2D eigenvalue weighted by atomic mass is 9.81. The Morgan fingerprint density at radius 2 is 1.45 bits per heavy atom. The summed E-state index contributed by atoms with van der Waals surface area (Å²) < 4.78 is 83.6. The Hall–Kier alpha value is -9.63. The van der Waals surface area contributed by atoms with E-state index in [2.05, 4.69) is 57.3 Å². The highest BCUT2D eigenvalue weighted by atomic mass is 19.1. The van der Waals surface area contributed by atoms with Gasteiger partial charge in [0.2, 0.25) is 47.3 Å². The lowest BCUT2D eigenvalue weighted by Crippen LogP contribution is -2.61. The maximum atomic E-state index is 15.8.